The molecule has 4 rings (SSSR count). The Bertz CT molecular complexity index is 1120. The van der Waals surface area contributed by atoms with Gasteiger partial charge in [-0.3, -0.25) is 9.59 Å². The summed E-state index contributed by atoms with van der Waals surface area (Å²) in [4.78, 5) is 27.6. The van der Waals surface area contributed by atoms with Gasteiger partial charge in [0, 0.05) is 31.1 Å². The summed E-state index contributed by atoms with van der Waals surface area (Å²) >= 11 is 1.51. The molecule has 8 nitrogen and oxygen atoms in total. The summed E-state index contributed by atoms with van der Waals surface area (Å²) in [6.07, 6.45) is -0.391. The average Bonchev–Trinajstić information content (AvgIpc) is 3.38. The minimum absolute atomic E-state index is 0.0435. The van der Waals surface area contributed by atoms with Gasteiger partial charge in [0.25, 0.3) is 0 Å². The van der Waals surface area contributed by atoms with E-state index in [1.807, 2.05) is 43.7 Å². The molecule has 0 bridgehead atoms. The van der Waals surface area contributed by atoms with Gasteiger partial charge in [0.1, 0.15) is 12.2 Å². The van der Waals surface area contributed by atoms with E-state index in [1.165, 1.54) is 18.4 Å². The first-order valence-electron chi connectivity index (χ1n) is 12.5. The fourth-order valence-electron chi connectivity index (χ4n) is 4.62. The summed E-state index contributed by atoms with van der Waals surface area (Å²) in [6.45, 7) is 9.81. The molecule has 0 radical (unpaired) electrons. The molecule has 2 unspecified atom stereocenters. The van der Waals surface area contributed by atoms with E-state index >= 15 is 0 Å². The Labute approximate surface area is 225 Å². The number of carbonyl (C=O) groups excluding carboxylic acids is 2. The Morgan fingerprint density at radius 1 is 1.16 bits per heavy atom. The van der Waals surface area contributed by atoms with Crippen molar-refractivity contribution in [1.82, 2.24) is 4.72 Å². The number of methoxy groups -OCH3 is 1. The smallest absolute Gasteiger partial charge is 0.313 e. The summed E-state index contributed by atoms with van der Waals surface area (Å²) in [6, 6.07) is 8.26. The molecule has 2 saturated heterocycles. The number of nitrogens with zero attached hydrogens (tertiary/aromatic N) is 1. The zero-order valence-electron chi connectivity index (χ0n) is 21.9. The number of rotatable bonds is 10. The molecular formula is C27H36N2O6S2. The Morgan fingerprint density at radius 2 is 1.89 bits per heavy atom. The van der Waals surface area contributed by atoms with Gasteiger partial charge in [-0.25, -0.2) is 8.93 Å². The van der Waals surface area contributed by atoms with Crippen molar-refractivity contribution < 1.29 is 28.0 Å². The van der Waals surface area contributed by atoms with Crippen molar-refractivity contribution in [3.63, 3.8) is 0 Å². The van der Waals surface area contributed by atoms with Crippen molar-refractivity contribution >= 4 is 39.8 Å². The number of ether oxygens (including phenoxy) is 3. The van der Waals surface area contributed by atoms with Gasteiger partial charge in [-0.05, 0) is 66.4 Å². The van der Waals surface area contributed by atoms with Crippen LogP contribution in [0, 0.1) is 0 Å². The molecule has 1 aromatic heterocycles. The molecule has 202 valence electrons. The lowest BCUT2D eigenvalue weighted by molar-refractivity contribution is -0.143. The molecule has 0 spiro atoms. The first-order valence-corrected chi connectivity index (χ1v) is 14.6. The summed E-state index contributed by atoms with van der Waals surface area (Å²) in [5.41, 5.74) is 2.77. The predicted octanol–water partition coefficient (Wildman–Crippen LogP) is 3.52. The van der Waals surface area contributed by atoms with Gasteiger partial charge in [-0.1, -0.05) is 6.07 Å². The van der Waals surface area contributed by atoms with Crippen molar-refractivity contribution in [2.24, 2.45) is 0 Å². The van der Waals surface area contributed by atoms with E-state index < -0.39 is 27.2 Å². The van der Waals surface area contributed by atoms with E-state index in [0.29, 0.717) is 26.4 Å². The SMILES string of the molecule is COC(=O)CC(=O)CC(NS(=O)C(C)(C)C)(c1ccsc1)c1ccc(N2CCOCC2)cc1C1COC1. The van der Waals surface area contributed by atoms with Crippen LogP contribution < -0.4 is 9.62 Å². The molecule has 1 aromatic carbocycles. The van der Waals surface area contributed by atoms with Gasteiger partial charge in [0.15, 0.2) is 0 Å². The minimum atomic E-state index is -1.51. The number of anilines is 1. The molecule has 2 aliphatic heterocycles. The maximum atomic E-state index is 13.6. The van der Waals surface area contributed by atoms with E-state index in [-0.39, 0.29) is 24.5 Å². The molecule has 2 atom stereocenters. The second-order valence-electron chi connectivity index (χ2n) is 10.5. The molecule has 0 amide bonds. The van der Waals surface area contributed by atoms with E-state index in [2.05, 4.69) is 21.8 Å². The van der Waals surface area contributed by atoms with Crippen LogP contribution >= 0.6 is 11.3 Å². The van der Waals surface area contributed by atoms with Gasteiger partial charge < -0.3 is 19.1 Å². The molecule has 10 heteroatoms. The molecular weight excluding hydrogens is 512 g/mol. The lowest BCUT2D eigenvalue weighted by Gasteiger charge is -2.41. The number of Topliss-reactive ketones (excluding diaryl/α,β-unsaturated/α-hetero) is 1. The number of hydrogen-bond donors (Lipinski definition) is 1. The van der Waals surface area contributed by atoms with Gasteiger partial charge in [-0.2, -0.15) is 11.3 Å². The third-order valence-electron chi connectivity index (χ3n) is 6.82. The number of morpholine rings is 1. The highest BCUT2D eigenvalue weighted by atomic mass is 32.2. The zero-order chi connectivity index (χ0) is 26.6. The number of ketones is 1. The summed E-state index contributed by atoms with van der Waals surface area (Å²) < 4.78 is 32.3. The molecule has 2 fully saturated rings. The summed E-state index contributed by atoms with van der Waals surface area (Å²) in [5, 5.41) is 3.93. The highest BCUT2D eigenvalue weighted by Gasteiger charge is 2.43. The standard InChI is InChI=1S/C27H36N2O6S2/c1-26(2,3)37(32)28-27(20-7-12-36-18-20,15-22(30)14-25(31)33-4)24-6-5-21(29-8-10-34-11-9-29)13-23(24)19-16-35-17-19/h5-7,12-13,18-19,28H,8-11,14-17H2,1-4H3. The molecule has 1 N–H and O–H groups in total. The molecule has 0 aliphatic carbocycles. The van der Waals surface area contributed by atoms with Crippen molar-refractivity contribution in [2.75, 3.05) is 51.5 Å². The Balaban J connectivity index is 1.87. The Hall–Kier alpha value is -2.11. The third-order valence-corrected chi connectivity index (χ3v) is 9.15. The van der Waals surface area contributed by atoms with Crippen LogP contribution in [0.5, 0.6) is 0 Å². The van der Waals surface area contributed by atoms with Crippen molar-refractivity contribution in [3.05, 3.63) is 51.7 Å². The van der Waals surface area contributed by atoms with E-state index in [0.717, 1.165) is 35.5 Å². The van der Waals surface area contributed by atoms with Crippen molar-refractivity contribution in [1.29, 1.82) is 0 Å². The van der Waals surface area contributed by atoms with Gasteiger partial charge in [-0.15, -0.1) is 0 Å². The van der Waals surface area contributed by atoms with Crippen molar-refractivity contribution in [3.8, 4) is 0 Å². The van der Waals surface area contributed by atoms with Crippen LogP contribution in [0.3, 0.4) is 0 Å². The lowest BCUT2D eigenvalue weighted by Crippen LogP contribution is -2.51. The average molecular weight is 549 g/mol. The monoisotopic (exact) mass is 548 g/mol. The Kier molecular flexibility index (Phi) is 8.85. The predicted molar refractivity (Wildman–Crippen MR) is 145 cm³/mol. The minimum Gasteiger partial charge on any atom is -0.469 e. The fraction of sp³-hybridized carbons (Fsp3) is 0.556. The second-order valence-corrected chi connectivity index (χ2v) is 13.2. The molecule has 2 aromatic rings. The number of esters is 1. The summed E-state index contributed by atoms with van der Waals surface area (Å²) in [5.74, 6) is -0.726. The zero-order valence-corrected chi connectivity index (χ0v) is 23.5. The third kappa shape index (κ3) is 6.31. The normalized spacial score (nSPS) is 19.1. The van der Waals surface area contributed by atoms with Gasteiger partial charge in [0.05, 0.1) is 54.8 Å². The molecule has 37 heavy (non-hydrogen) atoms. The highest BCUT2D eigenvalue weighted by molar-refractivity contribution is 7.84. The Morgan fingerprint density at radius 3 is 2.46 bits per heavy atom. The number of carbonyl (C=O) groups is 2. The maximum Gasteiger partial charge on any atom is 0.313 e. The topological polar surface area (TPSA) is 94.2 Å². The quantitative estimate of drug-likeness (QED) is 0.359. The number of nitrogens with one attached hydrogen (secondary N) is 1. The van der Waals surface area contributed by atoms with E-state index in [1.54, 1.807) is 0 Å². The summed E-state index contributed by atoms with van der Waals surface area (Å²) in [7, 11) is -0.238. The molecule has 2 aliphatic rings. The highest BCUT2D eigenvalue weighted by Crippen LogP contribution is 2.43. The second kappa shape index (κ2) is 11.7. The van der Waals surface area contributed by atoms with Crippen LogP contribution in [0.2, 0.25) is 0 Å². The van der Waals surface area contributed by atoms with Gasteiger partial charge >= 0.3 is 5.97 Å². The fourth-order valence-corrected chi connectivity index (χ4v) is 6.28. The first kappa shape index (κ1) is 27.9. The van der Waals surface area contributed by atoms with Crippen LogP contribution in [0.25, 0.3) is 0 Å². The maximum absolute atomic E-state index is 13.6. The molecule has 3 heterocycles. The van der Waals surface area contributed by atoms with Crippen molar-refractivity contribution in [2.45, 2.75) is 49.8 Å². The first-order chi connectivity index (χ1) is 17.6. The lowest BCUT2D eigenvalue weighted by atomic mass is 9.75. The van der Waals surface area contributed by atoms with Crippen LogP contribution in [0.1, 0.15) is 56.2 Å². The van der Waals surface area contributed by atoms with Crippen LogP contribution in [0.15, 0.2) is 35.0 Å². The number of thiophene rings is 1. The van der Waals surface area contributed by atoms with Crippen LogP contribution in [-0.4, -0.2) is 67.3 Å². The molecule has 0 saturated carbocycles. The van der Waals surface area contributed by atoms with Gasteiger partial charge in [0.2, 0.25) is 0 Å². The van der Waals surface area contributed by atoms with Crippen LogP contribution in [0.4, 0.5) is 5.69 Å². The van der Waals surface area contributed by atoms with E-state index in [9.17, 15) is 13.8 Å². The number of hydrogen-bond acceptors (Lipinski definition) is 8. The largest absolute Gasteiger partial charge is 0.469 e. The van der Waals surface area contributed by atoms with Crippen LogP contribution in [-0.2, 0) is 40.3 Å². The number of benzene rings is 1. The van der Waals surface area contributed by atoms with E-state index in [4.69, 9.17) is 14.2 Å².